The average molecular weight is 291 g/mol. The van der Waals surface area contributed by atoms with E-state index in [1.807, 2.05) is 22.4 Å². The Balaban J connectivity index is 1.65. The van der Waals surface area contributed by atoms with Crippen molar-refractivity contribution in [3.05, 3.63) is 40.7 Å². The number of nitrogens with zero attached hydrogens (tertiary/aromatic N) is 2. The van der Waals surface area contributed by atoms with E-state index in [2.05, 4.69) is 10.3 Å². The number of aromatic nitrogens is 1. The van der Waals surface area contributed by atoms with Crippen LogP contribution in [0.25, 0.3) is 0 Å². The molecule has 1 fully saturated rings. The van der Waals surface area contributed by atoms with E-state index in [1.54, 1.807) is 11.8 Å². The van der Waals surface area contributed by atoms with Crippen LogP contribution in [0, 0.1) is 0 Å². The fourth-order valence-corrected chi connectivity index (χ4v) is 3.10. The van der Waals surface area contributed by atoms with Crippen LogP contribution in [0.4, 0.5) is 4.79 Å². The van der Waals surface area contributed by atoms with Crippen LogP contribution >= 0.6 is 11.3 Å². The molecular formula is C14H17N3O2S. The SMILES string of the molecule is O=C(NCc1cscn1)N1CCCCC1c1ccco1. The minimum atomic E-state index is -0.0425. The van der Waals surface area contributed by atoms with E-state index in [4.69, 9.17) is 4.42 Å². The molecule has 0 spiro atoms. The zero-order chi connectivity index (χ0) is 13.8. The number of urea groups is 1. The summed E-state index contributed by atoms with van der Waals surface area (Å²) in [4.78, 5) is 18.4. The first-order valence-electron chi connectivity index (χ1n) is 6.79. The maximum atomic E-state index is 12.3. The van der Waals surface area contributed by atoms with Gasteiger partial charge >= 0.3 is 6.03 Å². The highest BCUT2D eigenvalue weighted by molar-refractivity contribution is 7.07. The van der Waals surface area contributed by atoms with E-state index in [0.717, 1.165) is 37.3 Å². The van der Waals surface area contributed by atoms with Crippen LogP contribution in [-0.4, -0.2) is 22.5 Å². The molecule has 2 aromatic heterocycles. The molecule has 1 saturated heterocycles. The summed E-state index contributed by atoms with van der Waals surface area (Å²) in [5.41, 5.74) is 2.67. The quantitative estimate of drug-likeness (QED) is 0.945. The Labute approximate surface area is 121 Å². The zero-order valence-electron chi connectivity index (χ0n) is 11.1. The second-order valence-electron chi connectivity index (χ2n) is 4.86. The largest absolute Gasteiger partial charge is 0.467 e. The van der Waals surface area contributed by atoms with E-state index in [1.165, 1.54) is 11.3 Å². The highest BCUT2D eigenvalue weighted by Crippen LogP contribution is 2.31. The number of furan rings is 1. The van der Waals surface area contributed by atoms with Gasteiger partial charge in [0.15, 0.2) is 0 Å². The van der Waals surface area contributed by atoms with E-state index < -0.39 is 0 Å². The number of rotatable bonds is 3. The van der Waals surface area contributed by atoms with Crippen LogP contribution in [0.15, 0.2) is 33.7 Å². The van der Waals surface area contributed by atoms with Gasteiger partial charge in [-0.05, 0) is 31.4 Å². The van der Waals surface area contributed by atoms with Crippen LogP contribution in [0.3, 0.4) is 0 Å². The standard InChI is InChI=1S/C14H17N3O2S/c18-14(15-8-11-9-20-10-16-11)17-6-2-1-4-12(17)13-5-3-7-19-13/h3,5,7,9-10,12H,1-2,4,6,8H2,(H,15,18). The number of hydrogen-bond donors (Lipinski definition) is 1. The molecule has 20 heavy (non-hydrogen) atoms. The molecule has 0 saturated carbocycles. The van der Waals surface area contributed by atoms with Crippen molar-refractivity contribution < 1.29 is 9.21 Å². The second kappa shape index (κ2) is 6.09. The molecule has 2 aromatic rings. The third-order valence-electron chi connectivity index (χ3n) is 3.54. The Morgan fingerprint density at radius 1 is 1.55 bits per heavy atom. The average Bonchev–Trinajstić information content (AvgIpc) is 3.18. The number of nitrogens with one attached hydrogen (secondary N) is 1. The lowest BCUT2D eigenvalue weighted by Crippen LogP contribution is -2.44. The summed E-state index contributed by atoms with van der Waals surface area (Å²) in [7, 11) is 0. The maximum absolute atomic E-state index is 12.3. The summed E-state index contributed by atoms with van der Waals surface area (Å²) >= 11 is 1.53. The summed E-state index contributed by atoms with van der Waals surface area (Å²) in [6, 6.07) is 3.82. The van der Waals surface area contributed by atoms with Crippen LogP contribution in [0.1, 0.15) is 36.8 Å². The fourth-order valence-electron chi connectivity index (χ4n) is 2.54. The van der Waals surface area contributed by atoms with Crippen molar-refractivity contribution in [3.8, 4) is 0 Å². The van der Waals surface area contributed by atoms with Crippen LogP contribution in [-0.2, 0) is 6.54 Å². The van der Waals surface area contributed by atoms with Crippen molar-refractivity contribution in [3.63, 3.8) is 0 Å². The molecule has 0 aromatic carbocycles. The first kappa shape index (κ1) is 13.2. The molecule has 2 amide bonds. The predicted molar refractivity (Wildman–Crippen MR) is 76.4 cm³/mol. The van der Waals surface area contributed by atoms with Gasteiger partial charge in [-0.1, -0.05) is 0 Å². The van der Waals surface area contributed by atoms with Gasteiger partial charge in [-0.3, -0.25) is 0 Å². The van der Waals surface area contributed by atoms with Gasteiger partial charge in [-0.25, -0.2) is 9.78 Å². The Kier molecular flexibility index (Phi) is 4.01. The molecule has 6 heteroatoms. The molecule has 1 aliphatic heterocycles. The summed E-state index contributed by atoms with van der Waals surface area (Å²) < 4.78 is 5.47. The summed E-state index contributed by atoms with van der Waals surface area (Å²) in [5, 5.41) is 4.88. The monoisotopic (exact) mass is 291 g/mol. The van der Waals surface area contributed by atoms with E-state index >= 15 is 0 Å². The predicted octanol–water partition coefficient (Wildman–Crippen LogP) is 3.17. The lowest BCUT2D eigenvalue weighted by Gasteiger charge is -2.34. The van der Waals surface area contributed by atoms with Gasteiger partial charge in [0.05, 0.1) is 30.1 Å². The first-order chi connectivity index (χ1) is 9.84. The molecule has 1 N–H and O–H groups in total. The number of piperidine rings is 1. The molecule has 106 valence electrons. The molecule has 0 bridgehead atoms. The molecule has 3 rings (SSSR count). The summed E-state index contributed by atoms with van der Waals surface area (Å²) in [6.07, 6.45) is 4.79. The van der Waals surface area contributed by atoms with Gasteiger partial charge in [-0.2, -0.15) is 0 Å². The number of hydrogen-bond acceptors (Lipinski definition) is 4. The lowest BCUT2D eigenvalue weighted by molar-refractivity contribution is 0.139. The topological polar surface area (TPSA) is 58.4 Å². The summed E-state index contributed by atoms with van der Waals surface area (Å²) in [5.74, 6) is 0.869. The Bertz CT molecular complexity index is 539. The Morgan fingerprint density at radius 3 is 3.25 bits per heavy atom. The fraction of sp³-hybridized carbons (Fsp3) is 0.429. The van der Waals surface area contributed by atoms with Crippen molar-refractivity contribution in [2.45, 2.75) is 31.8 Å². The molecule has 0 aliphatic carbocycles. The summed E-state index contributed by atoms with van der Waals surface area (Å²) in [6.45, 7) is 1.25. The number of carbonyl (C=O) groups excluding carboxylic acids is 1. The minimum absolute atomic E-state index is 0.0425. The van der Waals surface area contributed by atoms with Crippen molar-refractivity contribution in [2.75, 3.05) is 6.54 Å². The molecule has 1 unspecified atom stereocenters. The molecule has 3 heterocycles. The normalized spacial score (nSPS) is 19.0. The van der Waals surface area contributed by atoms with E-state index in [9.17, 15) is 4.79 Å². The Hall–Kier alpha value is -1.82. The zero-order valence-corrected chi connectivity index (χ0v) is 11.9. The van der Waals surface area contributed by atoms with Gasteiger partial charge in [-0.15, -0.1) is 11.3 Å². The number of carbonyl (C=O) groups is 1. The van der Waals surface area contributed by atoms with Crippen LogP contribution in [0.5, 0.6) is 0 Å². The third kappa shape index (κ3) is 2.85. The van der Waals surface area contributed by atoms with E-state index in [-0.39, 0.29) is 12.1 Å². The number of amides is 2. The highest BCUT2D eigenvalue weighted by Gasteiger charge is 2.29. The molecule has 1 atom stereocenters. The molecule has 5 nitrogen and oxygen atoms in total. The molecular weight excluding hydrogens is 274 g/mol. The highest BCUT2D eigenvalue weighted by atomic mass is 32.1. The number of thiazole rings is 1. The van der Waals surface area contributed by atoms with Gasteiger partial charge < -0.3 is 14.6 Å². The van der Waals surface area contributed by atoms with Crippen LogP contribution < -0.4 is 5.32 Å². The number of likely N-dealkylation sites (tertiary alicyclic amines) is 1. The minimum Gasteiger partial charge on any atom is -0.467 e. The Morgan fingerprint density at radius 2 is 2.50 bits per heavy atom. The van der Waals surface area contributed by atoms with Crippen molar-refractivity contribution >= 4 is 17.4 Å². The molecule has 0 radical (unpaired) electrons. The van der Waals surface area contributed by atoms with Gasteiger partial charge in [0, 0.05) is 11.9 Å². The molecule has 1 aliphatic rings. The third-order valence-corrected chi connectivity index (χ3v) is 4.17. The van der Waals surface area contributed by atoms with Crippen molar-refractivity contribution in [2.24, 2.45) is 0 Å². The second-order valence-corrected chi connectivity index (χ2v) is 5.58. The van der Waals surface area contributed by atoms with Gasteiger partial charge in [0.2, 0.25) is 0 Å². The van der Waals surface area contributed by atoms with Gasteiger partial charge in [0.1, 0.15) is 5.76 Å². The van der Waals surface area contributed by atoms with Gasteiger partial charge in [0.25, 0.3) is 0 Å². The van der Waals surface area contributed by atoms with E-state index in [0.29, 0.717) is 6.54 Å². The smallest absolute Gasteiger partial charge is 0.318 e. The first-order valence-corrected chi connectivity index (χ1v) is 7.74. The maximum Gasteiger partial charge on any atom is 0.318 e. The van der Waals surface area contributed by atoms with Crippen LogP contribution in [0.2, 0.25) is 0 Å². The van der Waals surface area contributed by atoms with Crippen molar-refractivity contribution in [1.82, 2.24) is 15.2 Å². The van der Waals surface area contributed by atoms with Crippen molar-refractivity contribution in [1.29, 1.82) is 0 Å². The lowest BCUT2D eigenvalue weighted by atomic mass is 10.0.